The van der Waals surface area contributed by atoms with Crippen molar-refractivity contribution >= 4 is 39.9 Å². The molecule has 0 amide bonds. The molecule has 0 atom stereocenters. The molecule has 0 fully saturated rings. The van der Waals surface area contributed by atoms with Gasteiger partial charge >= 0.3 is 0 Å². The summed E-state index contributed by atoms with van der Waals surface area (Å²) in [5.74, 6) is 0.926. The number of imidazole rings is 1. The Kier molecular flexibility index (Phi) is 3.32. The van der Waals surface area contributed by atoms with Crippen molar-refractivity contribution in [1.29, 1.82) is 0 Å². The fourth-order valence-electron chi connectivity index (χ4n) is 2.32. The van der Waals surface area contributed by atoms with Gasteiger partial charge in [-0.05, 0) is 30.3 Å². The Balaban J connectivity index is 2.37. The van der Waals surface area contributed by atoms with Gasteiger partial charge in [0.25, 0.3) is 0 Å². The van der Waals surface area contributed by atoms with E-state index in [9.17, 15) is 0 Å². The summed E-state index contributed by atoms with van der Waals surface area (Å²) in [5.41, 5.74) is 9.19. The lowest BCUT2D eigenvalue weighted by atomic mass is 10.2. The first-order chi connectivity index (χ1) is 9.61. The molecule has 0 bridgehead atoms. The van der Waals surface area contributed by atoms with Crippen LogP contribution in [0.5, 0.6) is 0 Å². The molecule has 2 aromatic carbocycles. The van der Waals surface area contributed by atoms with Gasteiger partial charge in [-0.3, -0.25) is 4.57 Å². The van der Waals surface area contributed by atoms with Crippen molar-refractivity contribution in [2.45, 2.75) is 13.3 Å². The second-order valence-corrected chi connectivity index (χ2v) is 5.32. The van der Waals surface area contributed by atoms with Crippen LogP contribution in [0.15, 0.2) is 36.4 Å². The highest BCUT2D eigenvalue weighted by molar-refractivity contribution is 6.43. The molecule has 0 saturated heterocycles. The van der Waals surface area contributed by atoms with E-state index in [1.165, 1.54) is 0 Å². The third kappa shape index (κ3) is 2.03. The van der Waals surface area contributed by atoms with E-state index in [1.807, 2.05) is 34.9 Å². The summed E-state index contributed by atoms with van der Waals surface area (Å²) in [5, 5.41) is 1.06. The lowest BCUT2D eigenvalue weighted by molar-refractivity contribution is 0.908. The minimum atomic E-state index is 0.528. The average molecular weight is 306 g/mol. The summed E-state index contributed by atoms with van der Waals surface area (Å²) >= 11 is 12.5. The van der Waals surface area contributed by atoms with Crippen molar-refractivity contribution in [3.05, 3.63) is 52.3 Å². The van der Waals surface area contributed by atoms with E-state index < -0.39 is 0 Å². The molecule has 3 nitrogen and oxygen atoms in total. The number of anilines is 1. The monoisotopic (exact) mass is 305 g/mol. The fourth-order valence-corrected chi connectivity index (χ4v) is 2.70. The van der Waals surface area contributed by atoms with Crippen LogP contribution >= 0.6 is 23.2 Å². The zero-order chi connectivity index (χ0) is 14.3. The average Bonchev–Trinajstić information content (AvgIpc) is 2.79. The van der Waals surface area contributed by atoms with Crippen molar-refractivity contribution in [3.8, 4) is 5.69 Å². The number of aryl methyl sites for hydroxylation is 1. The minimum absolute atomic E-state index is 0.528. The maximum absolute atomic E-state index is 6.34. The lowest BCUT2D eigenvalue weighted by Crippen LogP contribution is -2.01. The topological polar surface area (TPSA) is 43.8 Å². The Morgan fingerprint density at radius 2 is 2.00 bits per heavy atom. The number of benzene rings is 2. The third-order valence-electron chi connectivity index (χ3n) is 3.24. The molecule has 0 aliphatic rings. The normalized spacial score (nSPS) is 11.2. The van der Waals surface area contributed by atoms with Crippen molar-refractivity contribution in [1.82, 2.24) is 9.55 Å². The van der Waals surface area contributed by atoms with Crippen LogP contribution < -0.4 is 5.73 Å². The molecule has 3 rings (SSSR count). The largest absolute Gasteiger partial charge is 0.399 e. The molecule has 0 unspecified atom stereocenters. The Morgan fingerprint density at radius 3 is 2.75 bits per heavy atom. The van der Waals surface area contributed by atoms with Crippen molar-refractivity contribution in [2.24, 2.45) is 0 Å². The van der Waals surface area contributed by atoms with E-state index >= 15 is 0 Å². The molecule has 3 aromatic rings. The van der Waals surface area contributed by atoms with Gasteiger partial charge in [-0.2, -0.15) is 0 Å². The van der Waals surface area contributed by atoms with Gasteiger partial charge in [-0.1, -0.05) is 36.2 Å². The standard InChI is InChI=1S/C15H13Cl2N3/c1-2-14-19-11-8-9(18)6-7-12(11)20(14)13-5-3-4-10(16)15(13)17/h3-8H,2,18H2,1H3. The Labute approximate surface area is 126 Å². The molecule has 0 saturated carbocycles. The molecule has 20 heavy (non-hydrogen) atoms. The van der Waals surface area contributed by atoms with E-state index in [2.05, 4.69) is 11.9 Å². The van der Waals surface area contributed by atoms with Crippen LogP contribution in [0.4, 0.5) is 5.69 Å². The predicted molar refractivity (Wildman–Crippen MR) is 84.9 cm³/mol. The highest BCUT2D eigenvalue weighted by Gasteiger charge is 2.14. The van der Waals surface area contributed by atoms with Gasteiger partial charge in [0.1, 0.15) is 5.82 Å². The summed E-state index contributed by atoms with van der Waals surface area (Å²) in [6.45, 7) is 2.06. The van der Waals surface area contributed by atoms with Crippen LogP contribution in [0, 0.1) is 0 Å². The van der Waals surface area contributed by atoms with E-state index in [-0.39, 0.29) is 0 Å². The summed E-state index contributed by atoms with van der Waals surface area (Å²) in [6.07, 6.45) is 0.789. The molecule has 102 valence electrons. The first-order valence-electron chi connectivity index (χ1n) is 6.33. The number of halogens is 2. The second-order valence-electron chi connectivity index (χ2n) is 4.54. The molecule has 0 radical (unpaired) electrons. The summed E-state index contributed by atoms with van der Waals surface area (Å²) in [7, 11) is 0. The van der Waals surface area contributed by atoms with E-state index in [1.54, 1.807) is 6.07 Å². The molecule has 0 aliphatic heterocycles. The Hall–Kier alpha value is -1.71. The fraction of sp³-hybridized carbons (Fsp3) is 0.133. The Morgan fingerprint density at radius 1 is 1.20 bits per heavy atom. The van der Waals surface area contributed by atoms with Crippen LogP contribution in [-0.4, -0.2) is 9.55 Å². The minimum Gasteiger partial charge on any atom is -0.399 e. The van der Waals surface area contributed by atoms with Crippen LogP contribution in [0.1, 0.15) is 12.7 Å². The van der Waals surface area contributed by atoms with Crippen LogP contribution in [0.2, 0.25) is 10.0 Å². The third-order valence-corrected chi connectivity index (χ3v) is 4.05. The highest BCUT2D eigenvalue weighted by atomic mass is 35.5. The van der Waals surface area contributed by atoms with Crippen molar-refractivity contribution in [3.63, 3.8) is 0 Å². The molecular formula is C15H13Cl2N3. The first-order valence-corrected chi connectivity index (χ1v) is 7.08. The van der Waals surface area contributed by atoms with E-state index in [0.29, 0.717) is 15.7 Å². The molecule has 0 aliphatic carbocycles. The van der Waals surface area contributed by atoms with Gasteiger partial charge < -0.3 is 5.73 Å². The van der Waals surface area contributed by atoms with Crippen LogP contribution in [0.3, 0.4) is 0 Å². The van der Waals surface area contributed by atoms with Crippen LogP contribution in [0.25, 0.3) is 16.7 Å². The quantitative estimate of drug-likeness (QED) is 0.710. The van der Waals surface area contributed by atoms with Crippen molar-refractivity contribution in [2.75, 3.05) is 5.73 Å². The number of fused-ring (bicyclic) bond motifs is 1. The summed E-state index contributed by atoms with van der Waals surface area (Å²) < 4.78 is 2.03. The van der Waals surface area contributed by atoms with Crippen LogP contribution in [-0.2, 0) is 6.42 Å². The van der Waals surface area contributed by atoms with Crippen molar-refractivity contribution < 1.29 is 0 Å². The molecular weight excluding hydrogens is 293 g/mol. The lowest BCUT2D eigenvalue weighted by Gasteiger charge is -2.11. The maximum Gasteiger partial charge on any atom is 0.114 e. The maximum atomic E-state index is 6.34. The zero-order valence-corrected chi connectivity index (χ0v) is 12.4. The molecule has 0 spiro atoms. The van der Waals surface area contributed by atoms with Gasteiger partial charge in [0, 0.05) is 12.1 Å². The zero-order valence-electron chi connectivity index (χ0n) is 10.9. The number of nitrogens with two attached hydrogens (primary N) is 1. The smallest absolute Gasteiger partial charge is 0.114 e. The van der Waals surface area contributed by atoms with Gasteiger partial charge in [0.05, 0.1) is 26.8 Å². The van der Waals surface area contributed by atoms with E-state index in [4.69, 9.17) is 28.9 Å². The second kappa shape index (κ2) is 5.00. The highest BCUT2D eigenvalue weighted by Crippen LogP contribution is 2.32. The number of aromatic nitrogens is 2. The molecule has 1 heterocycles. The number of hydrogen-bond acceptors (Lipinski definition) is 2. The van der Waals surface area contributed by atoms with Gasteiger partial charge in [-0.15, -0.1) is 0 Å². The van der Waals surface area contributed by atoms with Gasteiger partial charge in [0.2, 0.25) is 0 Å². The summed E-state index contributed by atoms with van der Waals surface area (Å²) in [6, 6.07) is 11.3. The number of nitrogen functional groups attached to an aromatic ring is 1. The van der Waals surface area contributed by atoms with E-state index in [0.717, 1.165) is 29.0 Å². The molecule has 2 N–H and O–H groups in total. The number of rotatable bonds is 2. The first kappa shape index (κ1) is 13.3. The summed E-state index contributed by atoms with van der Waals surface area (Å²) in [4.78, 5) is 4.62. The molecule has 5 heteroatoms. The van der Waals surface area contributed by atoms with Gasteiger partial charge in [0.15, 0.2) is 0 Å². The SMILES string of the molecule is CCc1nc2cc(N)ccc2n1-c1cccc(Cl)c1Cl. The number of nitrogens with zero attached hydrogens (tertiary/aromatic N) is 2. The predicted octanol–water partition coefficient (Wildman–Crippen LogP) is 4.48. The van der Waals surface area contributed by atoms with Gasteiger partial charge in [-0.25, -0.2) is 4.98 Å². The Bertz CT molecular complexity index is 793. The number of hydrogen-bond donors (Lipinski definition) is 1. The molecule has 1 aromatic heterocycles.